The molecule has 1 amide bonds. The monoisotopic (exact) mass is 287 g/mol. The smallest absolute Gasteiger partial charge is 0.252 e. The largest absolute Gasteiger partial charge is 0.341 e. The fourth-order valence-electron chi connectivity index (χ4n) is 2.45. The number of rotatable bonds is 4. The first-order valence-corrected chi connectivity index (χ1v) is 7.30. The predicted octanol–water partition coefficient (Wildman–Crippen LogP) is 4.21. The summed E-state index contributed by atoms with van der Waals surface area (Å²) < 4.78 is 0. The zero-order chi connectivity index (χ0) is 15.2. The van der Waals surface area contributed by atoms with Gasteiger partial charge in [-0.2, -0.15) is 0 Å². The Kier molecular flexibility index (Phi) is 4.30. The molecule has 0 spiro atoms. The first kappa shape index (κ1) is 14.1. The third kappa shape index (κ3) is 3.23. The highest BCUT2D eigenvalue weighted by molar-refractivity contribution is 5.94. The molecule has 22 heavy (non-hydrogen) atoms. The molecular formula is C20H17NO. The number of hydrogen-bond acceptors (Lipinski definition) is 1. The van der Waals surface area contributed by atoms with Gasteiger partial charge in [0.2, 0.25) is 0 Å². The molecule has 0 heterocycles. The van der Waals surface area contributed by atoms with Crippen LogP contribution in [-0.2, 0) is 0 Å². The van der Waals surface area contributed by atoms with Crippen molar-refractivity contribution in [3.63, 3.8) is 0 Å². The molecular weight excluding hydrogens is 270 g/mol. The average molecular weight is 287 g/mol. The van der Waals surface area contributed by atoms with Crippen LogP contribution in [0.1, 0.15) is 27.5 Å². The van der Waals surface area contributed by atoms with Crippen LogP contribution in [0.2, 0.25) is 0 Å². The van der Waals surface area contributed by atoms with Crippen molar-refractivity contribution in [3.05, 3.63) is 108 Å². The van der Waals surface area contributed by atoms with Gasteiger partial charge in [-0.25, -0.2) is 0 Å². The Morgan fingerprint density at radius 2 is 1.05 bits per heavy atom. The van der Waals surface area contributed by atoms with Gasteiger partial charge in [-0.3, -0.25) is 4.79 Å². The minimum absolute atomic E-state index is 0.0710. The van der Waals surface area contributed by atoms with Crippen LogP contribution in [-0.4, -0.2) is 5.91 Å². The van der Waals surface area contributed by atoms with Gasteiger partial charge in [0.15, 0.2) is 0 Å². The number of amides is 1. The molecule has 0 atom stereocenters. The summed E-state index contributed by atoms with van der Waals surface area (Å²) in [5, 5.41) is 3.13. The maximum absolute atomic E-state index is 12.5. The van der Waals surface area contributed by atoms with Crippen molar-refractivity contribution in [1.82, 2.24) is 5.32 Å². The highest BCUT2D eigenvalue weighted by atomic mass is 16.1. The van der Waals surface area contributed by atoms with Crippen LogP contribution >= 0.6 is 0 Å². The molecule has 0 saturated heterocycles. The van der Waals surface area contributed by atoms with Gasteiger partial charge in [0.1, 0.15) is 0 Å². The second kappa shape index (κ2) is 6.72. The highest BCUT2D eigenvalue weighted by Crippen LogP contribution is 2.22. The summed E-state index contributed by atoms with van der Waals surface area (Å²) in [6, 6.07) is 29.2. The summed E-state index contributed by atoms with van der Waals surface area (Å²) in [7, 11) is 0. The summed E-state index contributed by atoms with van der Waals surface area (Å²) in [5.41, 5.74) is 2.80. The number of carbonyl (C=O) groups excluding carboxylic acids is 1. The molecule has 0 saturated carbocycles. The number of benzene rings is 3. The van der Waals surface area contributed by atoms with Crippen molar-refractivity contribution in [2.45, 2.75) is 6.04 Å². The first-order chi connectivity index (χ1) is 10.8. The van der Waals surface area contributed by atoms with Gasteiger partial charge in [-0.1, -0.05) is 78.9 Å². The third-order valence-electron chi connectivity index (χ3n) is 3.58. The van der Waals surface area contributed by atoms with Gasteiger partial charge in [0.25, 0.3) is 5.91 Å². The molecule has 0 bridgehead atoms. The Morgan fingerprint density at radius 1 is 0.636 bits per heavy atom. The zero-order valence-corrected chi connectivity index (χ0v) is 12.1. The average Bonchev–Trinajstić information content (AvgIpc) is 2.62. The highest BCUT2D eigenvalue weighted by Gasteiger charge is 2.17. The van der Waals surface area contributed by atoms with E-state index < -0.39 is 0 Å². The van der Waals surface area contributed by atoms with Crippen molar-refractivity contribution in [2.75, 3.05) is 0 Å². The van der Waals surface area contributed by atoms with Crippen LogP contribution in [0.4, 0.5) is 0 Å². The molecule has 108 valence electrons. The molecule has 0 unspecified atom stereocenters. The Bertz CT molecular complexity index is 684. The number of hydrogen-bond donors (Lipinski definition) is 1. The molecule has 3 aromatic rings. The molecule has 0 radical (unpaired) electrons. The maximum Gasteiger partial charge on any atom is 0.252 e. The lowest BCUT2D eigenvalue weighted by Crippen LogP contribution is -2.29. The van der Waals surface area contributed by atoms with Gasteiger partial charge in [-0.05, 0) is 23.3 Å². The molecule has 0 aliphatic rings. The van der Waals surface area contributed by atoms with E-state index >= 15 is 0 Å². The van der Waals surface area contributed by atoms with Crippen molar-refractivity contribution in [2.24, 2.45) is 0 Å². The number of nitrogens with one attached hydrogen (secondary N) is 1. The van der Waals surface area contributed by atoms with E-state index in [1.54, 1.807) is 0 Å². The van der Waals surface area contributed by atoms with E-state index in [4.69, 9.17) is 0 Å². The van der Waals surface area contributed by atoms with Gasteiger partial charge in [-0.15, -0.1) is 0 Å². The minimum atomic E-state index is -0.157. The van der Waals surface area contributed by atoms with Gasteiger partial charge in [0, 0.05) is 5.56 Å². The van der Waals surface area contributed by atoms with Crippen molar-refractivity contribution < 1.29 is 4.79 Å². The molecule has 2 heteroatoms. The molecule has 0 fully saturated rings. The molecule has 0 aromatic heterocycles. The molecule has 0 aliphatic heterocycles. The van der Waals surface area contributed by atoms with Gasteiger partial charge < -0.3 is 5.32 Å². The standard InChI is InChI=1S/C20H17NO/c22-20(18-14-8-3-9-15-18)21-19(16-10-4-1-5-11-16)17-12-6-2-7-13-17/h1-15,19H,(H,21,22). The SMILES string of the molecule is O=C(NC(c1ccccc1)c1ccccc1)c1ccccc1. The Hall–Kier alpha value is -2.87. The van der Waals surface area contributed by atoms with E-state index in [2.05, 4.69) is 5.32 Å². The molecule has 2 nitrogen and oxygen atoms in total. The van der Waals surface area contributed by atoms with Crippen LogP contribution in [0.25, 0.3) is 0 Å². The predicted molar refractivity (Wildman–Crippen MR) is 88.6 cm³/mol. The van der Waals surface area contributed by atoms with E-state index in [-0.39, 0.29) is 11.9 Å². The van der Waals surface area contributed by atoms with E-state index in [9.17, 15) is 4.79 Å². The van der Waals surface area contributed by atoms with E-state index in [0.717, 1.165) is 11.1 Å². The lowest BCUT2D eigenvalue weighted by Gasteiger charge is -2.20. The second-order valence-corrected chi connectivity index (χ2v) is 5.09. The molecule has 1 N–H and O–H groups in total. The van der Waals surface area contributed by atoms with Crippen LogP contribution in [0.15, 0.2) is 91.0 Å². The summed E-state index contributed by atoms with van der Waals surface area (Å²) in [6.07, 6.45) is 0. The Morgan fingerprint density at radius 3 is 1.50 bits per heavy atom. The Labute approximate surface area is 130 Å². The van der Waals surface area contributed by atoms with E-state index in [1.807, 2.05) is 91.0 Å². The normalized spacial score (nSPS) is 10.4. The molecule has 3 rings (SSSR count). The van der Waals surface area contributed by atoms with Crippen LogP contribution < -0.4 is 5.32 Å². The summed E-state index contributed by atoms with van der Waals surface area (Å²) >= 11 is 0. The van der Waals surface area contributed by atoms with Crippen molar-refractivity contribution in [1.29, 1.82) is 0 Å². The van der Waals surface area contributed by atoms with Crippen molar-refractivity contribution >= 4 is 5.91 Å². The molecule has 0 aliphatic carbocycles. The second-order valence-electron chi connectivity index (χ2n) is 5.09. The van der Waals surface area contributed by atoms with E-state index in [0.29, 0.717) is 5.56 Å². The van der Waals surface area contributed by atoms with Crippen LogP contribution in [0.5, 0.6) is 0 Å². The Balaban J connectivity index is 1.91. The van der Waals surface area contributed by atoms with Gasteiger partial charge in [0.05, 0.1) is 6.04 Å². The third-order valence-corrected chi connectivity index (χ3v) is 3.58. The maximum atomic E-state index is 12.5. The summed E-state index contributed by atoms with van der Waals surface area (Å²) in [4.78, 5) is 12.5. The van der Waals surface area contributed by atoms with Crippen LogP contribution in [0.3, 0.4) is 0 Å². The van der Waals surface area contributed by atoms with Crippen molar-refractivity contribution in [3.8, 4) is 0 Å². The van der Waals surface area contributed by atoms with Crippen LogP contribution in [0, 0.1) is 0 Å². The zero-order valence-electron chi connectivity index (χ0n) is 12.1. The lowest BCUT2D eigenvalue weighted by atomic mass is 9.98. The minimum Gasteiger partial charge on any atom is -0.341 e. The fraction of sp³-hybridized carbons (Fsp3) is 0.0500. The van der Waals surface area contributed by atoms with E-state index in [1.165, 1.54) is 0 Å². The van der Waals surface area contributed by atoms with Gasteiger partial charge >= 0.3 is 0 Å². The fourth-order valence-corrected chi connectivity index (χ4v) is 2.45. The summed E-state index contributed by atoms with van der Waals surface area (Å²) in [5.74, 6) is -0.0710. The quantitative estimate of drug-likeness (QED) is 0.765. The topological polar surface area (TPSA) is 29.1 Å². The number of carbonyl (C=O) groups is 1. The first-order valence-electron chi connectivity index (χ1n) is 7.30. The lowest BCUT2D eigenvalue weighted by molar-refractivity contribution is 0.0943. The molecule has 3 aromatic carbocycles. The summed E-state index contributed by atoms with van der Waals surface area (Å²) in [6.45, 7) is 0.